The predicted octanol–water partition coefficient (Wildman–Crippen LogP) is 3.80. The van der Waals surface area contributed by atoms with E-state index in [0.717, 1.165) is 38.0 Å². The van der Waals surface area contributed by atoms with E-state index in [0.29, 0.717) is 45.1 Å². The number of aromatic nitrogens is 3. The zero-order valence-electron chi connectivity index (χ0n) is 21.8. The lowest BCUT2D eigenvalue weighted by Gasteiger charge is -2.41. The number of fused-ring (bicyclic) bond motifs is 1. The van der Waals surface area contributed by atoms with Crippen molar-refractivity contribution in [2.24, 2.45) is 16.5 Å². The van der Waals surface area contributed by atoms with E-state index in [2.05, 4.69) is 10.2 Å². The quantitative estimate of drug-likeness (QED) is 0.350. The van der Waals surface area contributed by atoms with Crippen LogP contribution in [0.25, 0.3) is 16.7 Å². The molecule has 1 saturated heterocycles. The van der Waals surface area contributed by atoms with Gasteiger partial charge in [0, 0.05) is 24.8 Å². The first-order chi connectivity index (χ1) is 19.0. The van der Waals surface area contributed by atoms with Crippen LogP contribution in [0.5, 0.6) is 5.75 Å². The van der Waals surface area contributed by atoms with Crippen molar-refractivity contribution in [3.8, 4) is 11.4 Å². The van der Waals surface area contributed by atoms with Crippen molar-refractivity contribution in [1.82, 2.24) is 25.0 Å². The molecule has 0 radical (unpaired) electrons. The highest BCUT2D eigenvalue weighted by Crippen LogP contribution is 2.43. The number of hydrogen-bond acceptors (Lipinski definition) is 8. The number of piperidine rings is 1. The van der Waals surface area contributed by atoms with Crippen molar-refractivity contribution in [3.05, 3.63) is 95.0 Å². The summed E-state index contributed by atoms with van der Waals surface area (Å²) < 4.78 is 22.8. The van der Waals surface area contributed by atoms with E-state index < -0.39 is 5.66 Å². The van der Waals surface area contributed by atoms with Crippen LogP contribution in [-0.2, 0) is 12.3 Å². The Hall–Kier alpha value is -4.44. The van der Waals surface area contributed by atoms with Crippen LogP contribution in [0.15, 0.2) is 77.3 Å². The van der Waals surface area contributed by atoms with Gasteiger partial charge in [0.25, 0.3) is 0 Å². The Morgan fingerprint density at radius 1 is 1.05 bits per heavy atom. The Morgan fingerprint density at radius 3 is 2.56 bits per heavy atom. The lowest BCUT2D eigenvalue weighted by molar-refractivity contribution is 0.230. The number of para-hydroxylation sites is 1. The SMILES string of the molecule is Cc1nn(-c2ccccc2)c2ncc(C3(N)N=CNC(N)=C3N3CCCCC3)c(OCc3ccccc3F)c12. The van der Waals surface area contributed by atoms with Crippen molar-refractivity contribution in [2.45, 2.75) is 38.5 Å². The molecule has 4 heterocycles. The molecule has 2 aliphatic rings. The van der Waals surface area contributed by atoms with Gasteiger partial charge >= 0.3 is 0 Å². The minimum absolute atomic E-state index is 0.00890. The number of likely N-dealkylation sites (tertiary alicyclic amines) is 1. The van der Waals surface area contributed by atoms with Crippen molar-refractivity contribution in [2.75, 3.05) is 13.1 Å². The summed E-state index contributed by atoms with van der Waals surface area (Å²) in [6.45, 7) is 3.52. The monoisotopic (exact) mass is 526 g/mol. The third-order valence-electron chi connectivity index (χ3n) is 7.34. The van der Waals surface area contributed by atoms with Crippen molar-refractivity contribution >= 4 is 17.4 Å². The molecule has 2 aliphatic heterocycles. The summed E-state index contributed by atoms with van der Waals surface area (Å²) >= 11 is 0. The number of nitrogens with two attached hydrogens (primary N) is 2. The van der Waals surface area contributed by atoms with E-state index in [9.17, 15) is 4.39 Å². The van der Waals surface area contributed by atoms with Gasteiger partial charge in [-0.1, -0.05) is 36.4 Å². The van der Waals surface area contributed by atoms with Crippen LogP contribution >= 0.6 is 0 Å². The molecule has 9 nitrogen and oxygen atoms in total. The van der Waals surface area contributed by atoms with Crippen LogP contribution in [0.3, 0.4) is 0 Å². The molecule has 39 heavy (non-hydrogen) atoms. The van der Waals surface area contributed by atoms with Gasteiger partial charge in [-0.3, -0.25) is 5.73 Å². The summed E-state index contributed by atoms with van der Waals surface area (Å²) in [6, 6.07) is 16.3. The van der Waals surface area contributed by atoms with Crippen LogP contribution in [-0.4, -0.2) is 39.1 Å². The average Bonchev–Trinajstić information content (AvgIpc) is 3.30. The average molecular weight is 527 g/mol. The maximum absolute atomic E-state index is 14.6. The van der Waals surface area contributed by atoms with E-state index in [1.54, 1.807) is 29.1 Å². The van der Waals surface area contributed by atoms with E-state index in [1.807, 2.05) is 37.3 Å². The van der Waals surface area contributed by atoms with Crippen LogP contribution in [0.4, 0.5) is 4.39 Å². The maximum Gasteiger partial charge on any atom is 0.184 e. The molecule has 1 fully saturated rings. The summed E-state index contributed by atoms with van der Waals surface area (Å²) in [7, 11) is 0. The molecule has 2 aromatic heterocycles. The largest absolute Gasteiger partial charge is 0.487 e. The van der Waals surface area contributed by atoms with Gasteiger partial charge in [0.2, 0.25) is 0 Å². The second kappa shape index (κ2) is 10.0. The van der Waals surface area contributed by atoms with Gasteiger partial charge in [-0.05, 0) is 44.4 Å². The van der Waals surface area contributed by atoms with E-state index >= 15 is 0 Å². The number of pyridine rings is 1. The molecule has 0 spiro atoms. The molecule has 10 heteroatoms. The zero-order valence-corrected chi connectivity index (χ0v) is 21.8. The molecular formula is C29H31FN8O. The molecular weight excluding hydrogens is 495 g/mol. The molecule has 0 aliphatic carbocycles. The summed E-state index contributed by atoms with van der Waals surface area (Å²) in [6.07, 6.45) is 6.41. The molecule has 0 bridgehead atoms. The molecule has 6 rings (SSSR count). The molecule has 1 unspecified atom stereocenters. The number of halogens is 1. The Labute approximate surface area is 226 Å². The summed E-state index contributed by atoms with van der Waals surface area (Å²) in [5, 5.41) is 8.50. The number of nitrogens with one attached hydrogen (secondary N) is 1. The molecule has 2 aromatic carbocycles. The highest BCUT2D eigenvalue weighted by atomic mass is 19.1. The van der Waals surface area contributed by atoms with Crippen molar-refractivity contribution in [1.29, 1.82) is 0 Å². The van der Waals surface area contributed by atoms with Gasteiger partial charge < -0.3 is 20.7 Å². The van der Waals surface area contributed by atoms with Gasteiger partial charge in [0.15, 0.2) is 11.3 Å². The summed E-state index contributed by atoms with van der Waals surface area (Å²) in [4.78, 5) is 11.7. The molecule has 0 amide bonds. The molecule has 200 valence electrons. The van der Waals surface area contributed by atoms with Gasteiger partial charge in [0.05, 0.1) is 28.7 Å². The van der Waals surface area contributed by atoms with Gasteiger partial charge in [0.1, 0.15) is 29.7 Å². The van der Waals surface area contributed by atoms with Gasteiger partial charge in [-0.15, -0.1) is 0 Å². The summed E-state index contributed by atoms with van der Waals surface area (Å²) in [5.74, 6) is 0.541. The number of benzene rings is 2. The number of ether oxygens (including phenoxy) is 1. The van der Waals surface area contributed by atoms with Crippen LogP contribution in [0, 0.1) is 12.7 Å². The fraction of sp³-hybridized carbons (Fsp3) is 0.276. The smallest absolute Gasteiger partial charge is 0.184 e. The van der Waals surface area contributed by atoms with Crippen molar-refractivity contribution in [3.63, 3.8) is 0 Å². The lowest BCUT2D eigenvalue weighted by atomic mass is 9.93. The Balaban J connectivity index is 1.55. The summed E-state index contributed by atoms with van der Waals surface area (Å²) in [5.41, 5.74) is 16.1. The Kier molecular flexibility index (Phi) is 6.40. The first-order valence-corrected chi connectivity index (χ1v) is 13.1. The third-order valence-corrected chi connectivity index (χ3v) is 7.34. The predicted molar refractivity (Wildman–Crippen MR) is 148 cm³/mol. The van der Waals surface area contributed by atoms with Crippen molar-refractivity contribution < 1.29 is 9.13 Å². The van der Waals surface area contributed by atoms with Gasteiger partial charge in [-0.2, -0.15) is 5.10 Å². The number of nitrogens with zero attached hydrogens (tertiary/aromatic N) is 5. The minimum atomic E-state index is -1.38. The number of hydrogen-bond donors (Lipinski definition) is 3. The standard InChI is InChI=1S/C29H31FN8O/c1-19-24-25(39-17-20-10-6-7-13-23(20)30)22(16-33-28(24)38(36-19)21-11-4-2-5-12-21)29(32)26(27(31)34-18-35-29)37-14-8-3-9-15-37/h2,4-7,10-13,16,18H,3,8-9,14-15,17,31-32H2,1H3,(H,34,35). The zero-order chi connectivity index (χ0) is 27.0. The molecule has 4 aromatic rings. The molecule has 5 N–H and O–H groups in total. The highest BCUT2D eigenvalue weighted by Gasteiger charge is 2.42. The number of aliphatic imine (C=N–C) groups is 1. The number of aryl methyl sites for hydroxylation is 1. The van der Waals surface area contributed by atoms with Crippen LogP contribution in [0.1, 0.15) is 36.1 Å². The number of rotatable bonds is 6. The van der Waals surface area contributed by atoms with Crippen LogP contribution < -0.4 is 21.5 Å². The van der Waals surface area contributed by atoms with E-state index in [-0.39, 0.29) is 12.4 Å². The van der Waals surface area contributed by atoms with E-state index in [1.165, 1.54) is 12.4 Å². The first-order valence-electron chi connectivity index (χ1n) is 13.1. The normalized spacial score (nSPS) is 19.4. The Bertz CT molecular complexity index is 1580. The van der Waals surface area contributed by atoms with Crippen LogP contribution in [0.2, 0.25) is 0 Å². The third kappa shape index (κ3) is 4.36. The first kappa shape index (κ1) is 24.9. The Morgan fingerprint density at radius 2 is 1.79 bits per heavy atom. The second-order valence-electron chi connectivity index (χ2n) is 9.89. The van der Waals surface area contributed by atoms with Gasteiger partial charge in [-0.25, -0.2) is 19.0 Å². The van der Waals surface area contributed by atoms with E-state index in [4.69, 9.17) is 31.3 Å². The second-order valence-corrected chi connectivity index (χ2v) is 9.89. The maximum atomic E-state index is 14.6. The fourth-order valence-electron chi connectivity index (χ4n) is 5.42. The molecule has 1 atom stereocenters. The topological polar surface area (TPSA) is 120 Å². The lowest BCUT2D eigenvalue weighted by Crippen LogP contribution is -2.51. The fourth-order valence-corrected chi connectivity index (χ4v) is 5.42. The highest BCUT2D eigenvalue weighted by molar-refractivity contribution is 5.88. The molecule has 0 saturated carbocycles. The minimum Gasteiger partial charge on any atom is -0.487 e.